The van der Waals surface area contributed by atoms with Gasteiger partial charge in [-0.1, -0.05) is 6.92 Å². The molecule has 0 aromatic heterocycles. The molecule has 2 aliphatic rings. The average Bonchev–Trinajstić information content (AvgIpc) is 2.64. The normalized spacial score (nSPS) is 20.2. The first kappa shape index (κ1) is 19.4. The van der Waals surface area contributed by atoms with Crippen LogP contribution in [-0.2, 0) is 14.8 Å². The summed E-state index contributed by atoms with van der Waals surface area (Å²) in [5.41, 5.74) is 0. The minimum atomic E-state index is -3.61. The van der Waals surface area contributed by atoms with Gasteiger partial charge in [0, 0.05) is 44.5 Å². The van der Waals surface area contributed by atoms with Gasteiger partial charge in [-0.05, 0) is 31.5 Å². The van der Waals surface area contributed by atoms with Gasteiger partial charge < -0.3 is 14.2 Å². The molecule has 1 aromatic carbocycles. The number of ether oxygens (including phenoxy) is 3. The Balaban J connectivity index is 1.73. The van der Waals surface area contributed by atoms with Gasteiger partial charge in [-0.3, -0.25) is 4.90 Å². The van der Waals surface area contributed by atoms with Crippen LogP contribution in [0.2, 0.25) is 0 Å². The minimum Gasteiger partial charge on any atom is -0.497 e. The van der Waals surface area contributed by atoms with Crippen LogP contribution >= 0.6 is 0 Å². The van der Waals surface area contributed by atoms with E-state index >= 15 is 0 Å². The number of hydrogen-bond donors (Lipinski definition) is 0. The van der Waals surface area contributed by atoms with Gasteiger partial charge in [0.25, 0.3) is 0 Å². The highest BCUT2D eigenvalue weighted by Gasteiger charge is 2.42. The summed E-state index contributed by atoms with van der Waals surface area (Å²) in [5.74, 6) is 0.838. The molecule has 7 nitrogen and oxygen atoms in total. The van der Waals surface area contributed by atoms with E-state index in [2.05, 4.69) is 11.8 Å². The Bertz CT molecular complexity index is 712. The molecule has 0 bridgehead atoms. The fourth-order valence-electron chi connectivity index (χ4n) is 3.78. The Kier molecular flexibility index (Phi) is 6.06. The summed E-state index contributed by atoms with van der Waals surface area (Å²) >= 11 is 0. The predicted octanol–water partition coefficient (Wildman–Crippen LogP) is 1.58. The Morgan fingerprint density at radius 1 is 1.15 bits per heavy atom. The first-order valence-electron chi connectivity index (χ1n) is 9.07. The topological polar surface area (TPSA) is 68.3 Å². The minimum absolute atomic E-state index is 0.159. The largest absolute Gasteiger partial charge is 0.497 e. The van der Waals surface area contributed by atoms with Gasteiger partial charge in [0.15, 0.2) is 0 Å². The Labute approximate surface area is 155 Å². The molecule has 0 aliphatic carbocycles. The van der Waals surface area contributed by atoms with Crippen molar-refractivity contribution in [2.24, 2.45) is 0 Å². The van der Waals surface area contributed by atoms with E-state index in [0.717, 1.165) is 32.6 Å². The molecule has 0 saturated carbocycles. The maximum Gasteiger partial charge on any atom is 0.247 e. The van der Waals surface area contributed by atoms with Crippen molar-refractivity contribution in [3.05, 3.63) is 18.2 Å². The van der Waals surface area contributed by atoms with Crippen molar-refractivity contribution < 1.29 is 22.6 Å². The molecule has 2 aliphatic heterocycles. The van der Waals surface area contributed by atoms with E-state index in [1.807, 2.05) is 0 Å². The molecule has 8 heteroatoms. The number of hydrogen-bond acceptors (Lipinski definition) is 6. The maximum atomic E-state index is 13.0. The number of nitrogens with zero attached hydrogens (tertiary/aromatic N) is 2. The van der Waals surface area contributed by atoms with Crippen LogP contribution in [0.1, 0.15) is 19.8 Å². The molecule has 2 heterocycles. The van der Waals surface area contributed by atoms with E-state index in [0.29, 0.717) is 30.6 Å². The lowest BCUT2D eigenvalue weighted by Gasteiger charge is -2.48. The Morgan fingerprint density at radius 3 is 2.42 bits per heavy atom. The number of rotatable bonds is 7. The van der Waals surface area contributed by atoms with Crippen LogP contribution in [0.4, 0.5) is 0 Å². The summed E-state index contributed by atoms with van der Waals surface area (Å²) < 4.78 is 43.5. The van der Waals surface area contributed by atoms with Crippen molar-refractivity contribution in [1.29, 1.82) is 0 Å². The van der Waals surface area contributed by atoms with E-state index in [4.69, 9.17) is 14.2 Å². The number of sulfonamides is 1. The third kappa shape index (κ3) is 3.69. The molecule has 0 radical (unpaired) electrons. The zero-order valence-corrected chi connectivity index (χ0v) is 16.5. The molecule has 2 fully saturated rings. The molecule has 3 rings (SSSR count). The molecule has 0 spiro atoms. The molecule has 0 atom stereocenters. The van der Waals surface area contributed by atoms with Crippen molar-refractivity contribution in [1.82, 2.24) is 9.21 Å². The van der Waals surface area contributed by atoms with Crippen LogP contribution in [0.15, 0.2) is 23.1 Å². The van der Waals surface area contributed by atoms with Crippen molar-refractivity contribution in [2.45, 2.75) is 36.7 Å². The first-order valence-corrected chi connectivity index (χ1v) is 10.5. The highest BCUT2D eigenvalue weighted by Crippen LogP contribution is 2.34. The molecule has 0 N–H and O–H groups in total. The molecule has 146 valence electrons. The van der Waals surface area contributed by atoms with Crippen LogP contribution in [0, 0.1) is 0 Å². The van der Waals surface area contributed by atoms with E-state index in [-0.39, 0.29) is 10.9 Å². The van der Waals surface area contributed by atoms with Crippen molar-refractivity contribution >= 4 is 10.0 Å². The number of benzene rings is 1. The third-order valence-corrected chi connectivity index (χ3v) is 7.16. The maximum absolute atomic E-state index is 13.0. The van der Waals surface area contributed by atoms with Crippen molar-refractivity contribution in [3.63, 3.8) is 0 Å². The fraction of sp³-hybridized carbons (Fsp3) is 0.667. The molecular weight excluding hydrogens is 356 g/mol. The van der Waals surface area contributed by atoms with E-state index < -0.39 is 10.0 Å². The van der Waals surface area contributed by atoms with Crippen LogP contribution in [0.5, 0.6) is 11.5 Å². The van der Waals surface area contributed by atoms with Gasteiger partial charge in [0.2, 0.25) is 10.0 Å². The second-order valence-corrected chi connectivity index (χ2v) is 8.57. The lowest BCUT2D eigenvalue weighted by Crippen LogP contribution is -2.63. The van der Waals surface area contributed by atoms with Gasteiger partial charge in [-0.15, -0.1) is 0 Å². The summed E-state index contributed by atoms with van der Waals surface area (Å²) in [7, 11) is -0.611. The van der Waals surface area contributed by atoms with Crippen molar-refractivity contribution in [3.8, 4) is 11.5 Å². The summed E-state index contributed by atoms with van der Waals surface area (Å²) in [6.07, 6.45) is 2.03. The molecule has 26 heavy (non-hydrogen) atoms. The van der Waals surface area contributed by atoms with Crippen LogP contribution < -0.4 is 9.47 Å². The number of methoxy groups -OCH3 is 2. The second-order valence-electron chi connectivity index (χ2n) is 6.67. The van der Waals surface area contributed by atoms with Gasteiger partial charge in [-0.25, -0.2) is 8.42 Å². The zero-order valence-electron chi connectivity index (χ0n) is 15.7. The predicted molar refractivity (Wildman–Crippen MR) is 98.3 cm³/mol. The summed E-state index contributed by atoms with van der Waals surface area (Å²) in [6.45, 7) is 5.65. The molecule has 0 amide bonds. The van der Waals surface area contributed by atoms with E-state index in [9.17, 15) is 8.42 Å². The van der Waals surface area contributed by atoms with Crippen LogP contribution in [0.25, 0.3) is 0 Å². The Morgan fingerprint density at radius 2 is 1.85 bits per heavy atom. The lowest BCUT2D eigenvalue weighted by molar-refractivity contribution is -0.00749. The van der Waals surface area contributed by atoms with Crippen LogP contribution in [-0.4, -0.2) is 76.8 Å². The Hall–Kier alpha value is -1.35. The van der Waals surface area contributed by atoms with Gasteiger partial charge in [-0.2, -0.15) is 4.31 Å². The average molecular weight is 384 g/mol. The molecule has 1 aromatic rings. The third-order valence-electron chi connectivity index (χ3n) is 5.31. The smallest absolute Gasteiger partial charge is 0.247 e. The molecule has 2 saturated heterocycles. The standard InChI is InChI=1S/C18H28N2O5S/c1-4-20(14-7-9-25-10-8-14)15-12-19(13-15)26(21,22)18-11-16(23-2)5-6-17(18)24-3/h5-6,11,14-15H,4,7-10,12-13H2,1-3H3. The highest BCUT2D eigenvalue weighted by molar-refractivity contribution is 7.89. The fourth-order valence-corrected chi connectivity index (χ4v) is 5.46. The van der Waals surface area contributed by atoms with Crippen molar-refractivity contribution in [2.75, 3.05) is 47.1 Å². The molecule has 0 unspecified atom stereocenters. The second kappa shape index (κ2) is 8.12. The highest BCUT2D eigenvalue weighted by atomic mass is 32.2. The van der Waals surface area contributed by atoms with Crippen LogP contribution in [0.3, 0.4) is 0 Å². The monoisotopic (exact) mass is 384 g/mol. The molecular formula is C18H28N2O5S. The lowest BCUT2D eigenvalue weighted by atomic mass is 10.0. The van der Waals surface area contributed by atoms with Gasteiger partial charge in [0.1, 0.15) is 16.4 Å². The van der Waals surface area contributed by atoms with E-state index in [1.165, 1.54) is 24.6 Å². The van der Waals surface area contributed by atoms with E-state index in [1.54, 1.807) is 12.1 Å². The number of likely N-dealkylation sites (N-methyl/N-ethyl adjacent to an activating group) is 1. The zero-order chi connectivity index (χ0) is 18.7. The summed E-state index contributed by atoms with van der Waals surface area (Å²) in [4.78, 5) is 2.59. The van der Waals surface area contributed by atoms with Gasteiger partial charge >= 0.3 is 0 Å². The first-order chi connectivity index (χ1) is 12.5. The SMILES string of the molecule is CCN(C1CCOCC1)C1CN(S(=O)(=O)c2cc(OC)ccc2OC)C1. The quantitative estimate of drug-likeness (QED) is 0.711. The summed E-state index contributed by atoms with van der Waals surface area (Å²) in [6, 6.07) is 5.59. The summed E-state index contributed by atoms with van der Waals surface area (Å²) in [5, 5.41) is 0. The van der Waals surface area contributed by atoms with Gasteiger partial charge in [0.05, 0.1) is 14.2 Å².